The molecular weight excluding hydrogens is 520 g/mol. The van der Waals surface area contributed by atoms with Gasteiger partial charge in [-0.05, 0) is 19.9 Å². The third kappa shape index (κ3) is 33.8. The number of likely N-dealkylation sites (N-methyl/N-ethyl adjacent to an activating group) is 1. The molecule has 242 valence electrons. The van der Waals surface area contributed by atoms with Crippen molar-refractivity contribution in [3.63, 3.8) is 0 Å². The van der Waals surface area contributed by atoms with Crippen molar-refractivity contribution in [2.24, 2.45) is 0 Å². The SMILES string of the molecule is CCCCCCCCCCCCCCOCC(CNC(=O)CNC)OCCCCCCCCCCCCCC.Cl. The summed E-state index contributed by atoms with van der Waals surface area (Å²) in [7, 11) is 1.79. The van der Waals surface area contributed by atoms with Crippen molar-refractivity contribution in [3.8, 4) is 0 Å². The van der Waals surface area contributed by atoms with E-state index in [0.29, 0.717) is 19.7 Å². The molecule has 6 heteroatoms. The van der Waals surface area contributed by atoms with Crippen LogP contribution in [0.25, 0.3) is 0 Å². The predicted octanol–water partition coefficient (Wildman–Crippen LogP) is 9.55. The van der Waals surface area contributed by atoms with Gasteiger partial charge in [0, 0.05) is 19.8 Å². The van der Waals surface area contributed by atoms with Gasteiger partial charge in [0.25, 0.3) is 0 Å². The van der Waals surface area contributed by atoms with Crippen LogP contribution < -0.4 is 10.6 Å². The fraction of sp³-hybridized carbons (Fsp3) is 0.971. The number of nitrogens with one attached hydrogen (secondary N) is 2. The topological polar surface area (TPSA) is 59.6 Å². The number of carbonyl (C=O) groups excluding carboxylic acids is 1. The molecule has 0 aliphatic heterocycles. The summed E-state index contributed by atoms with van der Waals surface area (Å²) in [6.45, 7) is 7.54. The second-order valence-corrected chi connectivity index (χ2v) is 11.7. The molecule has 0 spiro atoms. The Morgan fingerprint density at radius 3 is 1.35 bits per heavy atom. The van der Waals surface area contributed by atoms with Gasteiger partial charge in [0.1, 0.15) is 0 Å². The van der Waals surface area contributed by atoms with Crippen LogP contribution in [0.3, 0.4) is 0 Å². The fourth-order valence-corrected chi connectivity index (χ4v) is 5.07. The van der Waals surface area contributed by atoms with Gasteiger partial charge in [-0.1, -0.05) is 155 Å². The van der Waals surface area contributed by atoms with E-state index in [1.807, 2.05) is 0 Å². The lowest BCUT2D eigenvalue weighted by Crippen LogP contribution is -2.40. The van der Waals surface area contributed by atoms with Crippen LogP contribution in [0.4, 0.5) is 0 Å². The number of unbranched alkanes of at least 4 members (excludes halogenated alkanes) is 22. The van der Waals surface area contributed by atoms with E-state index in [0.717, 1.165) is 26.1 Å². The maximum atomic E-state index is 11.9. The maximum absolute atomic E-state index is 11.9. The number of ether oxygens (including phenoxy) is 2. The van der Waals surface area contributed by atoms with E-state index in [-0.39, 0.29) is 24.4 Å². The van der Waals surface area contributed by atoms with Crippen molar-refractivity contribution in [2.75, 3.05) is 40.0 Å². The molecule has 0 bridgehead atoms. The lowest BCUT2D eigenvalue weighted by Gasteiger charge is -2.19. The Labute approximate surface area is 256 Å². The van der Waals surface area contributed by atoms with Gasteiger partial charge < -0.3 is 20.1 Å². The van der Waals surface area contributed by atoms with Crippen LogP contribution in [0.1, 0.15) is 168 Å². The standard InChI is InChI=1S/C34H70N2O3.ClH/c1-4-6-8-10-12-14-16-18-20-22-24-26-28-38-32-33(30-36-34(37)31-35-3)39-29-27-25-23-21-19-17-15-13-11-9-7-5-2;/h33,35H,4-32H2,1-3H3,(H,36,37);1H. The van der Waals surface area contributed by atoms with Gasteiger partial charge in [-0.3, -0.25) is 4.79 Å². The Kier molecular flexibility index (Phi) is 38.3. The molecule has 0 radical (unpaired) electrons. The van der Waals surface area contributed by atoms with E-state index < -0.39 is 0 Å². The Morgan fingerprint density at radius 1 is 0.575 bits per heavy atom. The average molecular weight is 591 g/mol. The summed E-state index contributed by atoms with van der Waals surface area (Å²) < 4.78 is 12.1. The maximum Gasteiger partial charge on any atom is 0.234 e. The van der Waals surface area contributed by atoms with E-state index in [1.165, 1.54) is 141 Å². The van der Waals surface area contributed by atoms with Gasteiger partial charge in [-0.25, -0.2) is 0 Å². The number of hydrogen-bond donors (Lipinski definition) is 2. The lowest BCUT2D eigenvalue weighted by molar-refractivity contribution is -0.121. The molecule has 0 aromatic heterocycles. The average Bonchev–Trinajstić information content (AvgIpc) is 2.94. The monoisotopic (exact) mass is 591 g/mol. The zero-order chi connectivity index (χ0) is 28.5. The highest BCUT2D eigenvalue weighted by Gasteiger charge is 2.11. The summed E-state index contributed by atoms with van der Waals surface area (Å²) in [5.41, 5.74) is 0. The first kappa shape index (κ1) is 41.8. The molecule has 0 aliphatic rings. The van der Waals surface area contributed by atoms with Crippen LogP contribution in [0.5, 0.6) is 0 Å². The molecule has 0 aromatic rings. The van der Waals surface area contributed by atoms with Gasteiger partial charge >= 0.3 is 0 Å². The molecule has 0 rings (SSSR count). The number of hydrogen-bond acceptors (Lipinski definition) is 4. The van der Waals surface area contributed by atoms with Crippen LogP contribution >= 0.6 is 12.4 Å². The number of carbonyl (C=O) groups is 1. The Hall–Kier alpha value is -0.360. The minimum absolute atomic E-state index is 0. The lowest BCUT2D eigenvalue weighted by atomic mass is 10.1. The summed E-state index contributed by atoms with van der Waals surface area (Å²) in [6, 6.07) is 0. The molecule has 1 unspecified atom stereocenters. The van der Waals surface area contributed by atoms with E-state index >= 15 is 0 Å². The normalized spacial score (nSPS) is 11.9. The molecule has 0 heterocycles. The van der Waals surface area contributed by atoms with E-state index in [4.69, 9.17) is 9.47 Å². The predicted molar refractivity (Wildman–Crippen MR) is 177 cm³/mol. The second kappa shape index (κ2) is 36.7. The van der Waals surface area contributed by atoms with Gasteiger partial charge in [-0.2, -0.15) is 0 Å². The Morgan fingerprint density at radius 2 is 0.950 bits per heavy atom. The fourth-order valence-electron chi connectivity index (χ4n) is 5.07. The molecule has 0 fully saturated rings. The third-order valence-corrected chi connectivity index (χ3v) is 7.66. The molecule has 0 aliphatic carbocycles. The van der Waals surface area contributed by atoms with Crippen molar-refractivity contribution in [2.45, 2.75) is 174 Å². The summed E-state index contributed by atoms with van der Waals surface area (Å²) in [4.78, 5) is 11.9. The van der Waals surface area contributed by atoms with Crippen LogP contribution in [0, 0.1) is 0 Å². The van der Waals surface area contributed by atoms with Gasteiger partial charge in [0.2, 0.25) is 5.91 Å². The molecule has 1 amide bonds. The third-order valence-electron chi connectivity index (χ3n) is 7.66. The highest BCUT2D eigenvalue weighted by atomic mass is 35.5. The molecule has 5 nitrogen and oxygen atoms in total. The van der Waals surface area contributed by atoms with E-state index in [9.17, 15) is 4.79 Å². The molecule has 40 heavy (non-hydrogen) atoms. The highest BCUT2D eigenvalue weighted by molar-refractivity contribution is 5.85. The molecular formula is C34H71ClN2O3. The highest BCUT2D eigenvalue weighted by Crippen LogP contribution is 2.13. The Balaban J connectivity index is 0. The summed E-state index contributed by atoms with van der Waals surface area (Å²) in [6.07, 6.45) is 32.3. The summed E-state index contributed by atoms with van der Waals surface area (Å²) in [5.74, 6) is 0.0115. The first-order valence-corrected chi connectivity index (χ1v) is 17.3. The number of rotatable bonds is 33. The molecule has 1 atom stereocenters. The first-order chi connectivity index (χ1) is 19.2. The van der Waals surface area contributed by atoms with E-state index in [2.05, 4.69) is 24.5 Å². The zero-order valence-electron chi connectivity index (χ0n) is 27.2. The van der Waals surface area contributed by atoms with Crippen LogP contribution in [-0.2, 0) is 14.3 Å². The van der Waals surface area contributed by atoms with Crippen molar-refractivity contribution < 1.29 is 14.3 Å². The van der Waals surface area contributed by atoms with Gasteiger partial charge in [0.05, 0.1) is 19.3 Å². The summed E-state index contributed by atoms with van der Waals surface area (Å²) in [5, 5.41) is 5.87. The quantitative estimate of drug-likeness (QED) is 0.0747. The molecule has 0 aromatic carbocycles. The largest absolute Gasteiger partial charge is 0.379 e. The van der Waals surface area contributed by atoms with Crippen LogP contribution in [0.15, 0.2) is 0 Å². The van der Waals surface area contributed by atoms with Crippen LogP contribution in [0.2, 0.25) is 0 Å². The van der Waals surface area contributed by atoms with E-state index in [1.54, 1.807) is 7.05 Å². The van der Waals surface area contributed by atoms with Gasteiger partial charge in [-0.15, -0.1) is 12.4 Å². The van der Waals surface area contributed by atoms with Crippen molar-refractivity contribution in [1.29, 1.82) is 0 Å². The van der Waals surface area contributed by atoms with Crippen molar-refractivity contribution >= 4 is 18.3 Å². The van der Waals surface area contributed by atoms with Crippen molar-refractivity contribution in [1.82, 2.24) is 10.6 Å². The number of amides is 1. The van der Waals surface area contributed by atoms with Crippen molar-refractivity contribution in [3.05, 3.63) is 0 Å². The molecule has 0 saturated carbocycles. The smallest absolute Gasteiger partial charge is 0.234 e. The Bertz CT molecular complexity index is 482. The number of halogens is 1. The molecule has 0 saturated heterocycles. The summed E-state index contributed by atoms with van der Waals surface area (Å²) >= 11 is 0. The minimum atomic E-state index is -0.0594. The second-order valence-electron chi connectivity index (χ2n) is 11.7. The zero-order valence-corrected chi connectivity index (χ0v) is 28.0. The van der Waals surface area contributed by atoms with Crippen LogP contribution in [-0.4, -0.2) is 52.0 Å². The minimum Gasteiger partial charge on any atom is -0.379 e. The molecule has 2 N–H and O–H groups in total. The first-order valence-electron chi connectivity index (χ1n) is 17.3. The van der Waals surface area contributed by atoms with Gasteiger partial charge in [0.15, 0.2) is 0 Å².